The van der Waals surface area contributed by atoms with Crippen LogP contribution in [0.15, 0.2) is 58.4 Å². The molecule has 0 fully saturated rings. The summed E-state index contributed by atoms with van der Waals surface area (Å²) in [5, 5.41) is 11.6. The number of hydrogen-bond acceptors (Lipinski definition) is 3. The zero-order chi connectivity index (χ0) is 14.7. The molecule has 1 aromatic heterocycles. The smallest absolute Gasteiger partial charge is 0.267 e. The highest BCUT2D eigenvalue weighted by molar-refractivity contribution is 5.93. The van der Waals surface area contributed by atoms with E-state index in [4.69, 9.17) is 5.53 Å². The summed E-state index contributed by atoms with van der Waals surface area (Å²) in [4.78, 5) is 14.6. The molecule has 3 rings (SSSR count). The van der Waals surface area contributed by atoms with Crippen molar-refractivity contribution in [3.05, 3.63) is 74.9 Å². The third kappa shape index (κ3) is 2.48. The fourth-order valence-electron chi connectivity index (χ4n) is 2.27. The average Bonchev–Trinajstić information content (AvgIpc) is 2.54. The van der Waals surface area contributed by atoms with Gasteiger partial charge in [-0.3, -0.25) is 4.79 Å². The Morgan fingerprint density at radius 1 is 1.14 bits per heavy atom. The van der Waals surface area contributed by atoms with E-state index in [1.54, 1.807) is 6.07 Å². The van der Waals surface area contributed by atoms with Gasteiger partial charge in [-0.15, -0.1) is 0 Å². The van der Waals surface area contributed by atoms with Crippen molar-refractivity contribution >= 4 is 10.8 Å². The molecule has 6 heteroatoms. The second-order valence-electron chi connectivity index (χ2n) is 4.54. The highest BCUT2D eigenvalue weighted by Crippen LogP contribution is 2.24. The molecule has 0 unspecified atom stereocenters. The summed E-state index contributed by atoms with van der Waals surface area (Å²) in [7, 11) is 0. The molecule has 1 N–H and O–H groups in total. The number of nitrogens with one attached hydrogen (secondary N) is 1. The maximum atomic E-state index is 11.8. The predicted octanol–water partition coefficient (Wildman–Crippen LogP) is 3.40. The van der Waals surface area contributed by atoms with Gasteiger partial charge < -0.3 is 0 Å². The first-order valence-corrected chi connectivity index (χ1v) is 6.37. The molecule has 0 radical (unpaired) electrons. The minimum absolute atomic E-state index is 0.209. The Balaban J connectivity index is 2.19. The minimum atomic E-state index is -0.209. The first-order chi connectivity index (χ1) is 10.3. The fourth-order valence-corrected chi connectivity index (χ4v) is 2.27. The molecule has 0 bridgehead atoms. The Bertz CT molecular complexity index is 909. The molecule has 6 nitrogen and oxygen atoms in total. The predicted molar refractivity (Wildman–Crippen MR) is 80.6 cm³/mol. The maximum absolute atomic E-state index is 11.8. The molecular weight excluding hydrogens is 266 g/mol. The molecule has 0 aliphatic carbocycles. The van der Waals surface area contributed by atoms with Crippen molar-refractivity contribution in [2.45, 2.75) is 6.54 Å². The van der Waals surface area contributed by atoms with Crippen LogP contribution in [0.3, 0.4) is 0 Å². The summed E-state index contributed by atoms with van der Waals surface area (Å²) in [6, 6.07) is 14.9. The maximum Gasteiger partial charge on any atom is 0.272 e. The highest BCUT2D eigenvalue weighted by Gasteiger charge is 2.08. The molecule has 0 atom stereocenters. The molecule has 0 spiro atoms. The van der Waals surface area contributed by atoms with Crippen LogP contribution >= 0.6 is 0 Å². The quantitative estimate of drug-likeness (QED) is 0.451. The van der Waals surface area contributed by atoms with Crippen molar-refractivity contribution in [2.24, 2.45) is 5.11 Å². The number of benzene rings is 2. The van der Waals surface area contributed by atoms with Crippen molar-refractivity contribution in [1.29, 1.82) is 0 Å². The number of fused-ring (bicyclic) bond motifs is 1. The van der Waals surface area contributed by atoms with Gasteiger partial charge in [0.1, 0.15) is 0 Å². The first-order valence-electron chi connectivity index (χ1n) is 6.37. The standard InChI is InChI=1S/C15H11N5O/c16-20-17-9-10-4-3-5-11(8-10)14-12-6-1-2-7-13(12)15(21)19-18-14/h1-8H,9H2,(H,19,21). The lowest BCUT2D eigenvalue weighted by atomic mass is 10.0. The number of rotatable bonds is 3. The number of azide groups is 1. The van der Waals surface area contributed by atoms with E-state index in [9.17, 15) is 4.79 Å². The molecule has 0 saturated carbocycles. The van der Waals surface area contributed by atoms with Crippen LogP contribution in [-0.2, 0) is 6.54 Å². The Labute approximate surface area is 119 Å². The number of aromatic amines is 1. The summed E-state index contributed by atoms with van der Waals surface area (Å²) < 4.78 is 0. The van der Waals surface area contributed by atoms with Gasteiger partial charge in [0.2, 0.25) is 0 Å². The Hall–Kier alpha value is -3.11. The van der Waals surface area contributed by atoms with E-state index in [1.165, 1.54) is 0 Å². The van der Waals surface area contributed by atoms with E-state index in [0.29, 0.717) is 11.1 Å². The second kappa shape index (κ2) is 5.48. The monoisotopic (exact) mass is 277 g/mol. The largest absolute Gasteiger partial charge is 0.272 e. The van der Waals surface area contributed by atoms with Gasteiger partial charge in [0.15, 0.2) is 0 Å². The molecule has 21 heavy (non-hydrogen) atoms. The van der Waals surface area contributed by atoms with E-state index in [2.05, 4.69) is 20.2 Å². The van der Waals surface area contributed by atoms with Crippen LogP contribution in [-0.4, -0.2) is 10.2 Å². The molecule has 0 amide bonds. The van der Waals surface area contributed by atoms with Crippen LogP contribution in [0, 0.1) is 0 Å². The van der Waals surface area contributed by atoms with E-state index in [0.717, 1.165) is 16.5 Å². The van der Waals surface area contributed by atoms with Crippen molar-refractivity contribution in [3.63, 3.8) is 0 Å². The first kappa shape index (κ1) is 12.9. The zero-order valence-corrected chi connectivity index (χ0v) is 11.0. The van der Waals surface area contributed by atoms with Crippen molar-refractivity contribution in [3.8, 4) is 11.3 Å². The molecule has 0 aliphatic heterocycles. The van der Waals surface area contributed by atoms with Crippen LogP contribution in [0.25, 0.3) is 32.5 Å². The lowest BCUT2D eigenvalue weighted by molar-refractivity contribution is 1.01. The van der Waals surface area contributed by atoms with Crippen LogP contribution in [0.1, 0.15) is 5.56 Å². The SMILES string of the molecule is [N-]=[N+]=NCc1cccc(-c2n[nH]c(=O)c3ccccc23)c1. The number of nitrogens with zero attached hydrogens (tertiary/aromatic N) is 4. The number of hydrogen-bond donors (Lipinski definition) is 1. The van der Waals surface area contributed by atoms with Crippen molar-refractivity contribution in [2.75, 3.05) is 0 Å². The lowest BCUT2D eigenvalue weighted by Gasteiger charge is -2.06. The number of aromatic nitrogens is 2. The van der Waals surface area contributed by atoms with E-state index in [1.807, 2.05) is 42.5 Å². The summed E-state index contributed by atoms with van der Waals surface area (Å²) >= 11 is 0. The highest BCUT2D eigenvalue weighted by atomic mass is 16.1. The zero-order valence-electron chi connectivity index (χ0n) is 11.0. The summed E-state index contributed by atoms with van der Waals surface area (Å²) in [5.41, 5.74) is 10.6. The van der Waals surface area contributed by atoms with Crippen LogP contribution in [0.5, 0.6) is 0 Å². The van der Waals surface area contributed by atoms with Gasteiger partial charge >= 0.3 is 0 Å². The molecule has 0 aliphatic rings. The van der Waals surface area contributed by atoms with Crippen LogP contribution < -0.4 is 5.56 Å². The molecule has 2 aromatic carbocycles. The average molecular weight is 277 g/mol. The van der Waals surface area contributed by atoms with Crippen molar-refractivity contribution in [1.82, 2.24) is 10.2 Å². The Morgan fingerprint density at radius 2 is 1.95 bits per heavy atom. The third-order valence-electron chi connectivity index (χ3n) is 3.21. The molecule has 102 valence electrons. The van der Waals surface area contributed by atoms with Gasteiger partial charge in [-0.05, 0) is 23.2 Å². The summed E-state index contributed by atoms with van der Waals surface area (Å²) in [6.45, 7) is 0.283. The van der Waals surface area contributed by atoms with Crippen LogP contribution in [0.4, 0.5) is 0 Å². The molecular formula is C15H11N5O. The number of H-pyrrole nitrogens is 1. The normalized spacial score (nSPS) is 10.3. The molecule has 3 aromatic rings. The van der Waals surface area contributed by atoms with Crippen molar-refractivity contribution < 1.29 is 0 Å². The molecule has 1 heterocycles. The summed E-state index contributed by atoms with van der Waals surface area (Å²) in [6.07, 6.45) is 0. The van der Waals surface area contributed by atoms with Gasteiger partial charge in [-0.2, -0.15) is 5.10 Å². The van der Waals surface area contributed by atoms with Gasteiger partial charge in [0, 0.05) is 15.9 Å². The third-order valence-corrected chi connectivity index (χ3v) is 3.21. The Morgan fingerprint density at radius 3 is 2.76 bits per heavy atom. The van der Waals surface area contributed by atoms with Gasteiger partial charge in [0.25, 0.3) is 5.56 Å². The lowest BCUT2D eigenvalue weighted by Crippen LogP contribution is -2.09. The second-order valence-corrected chi connectivity index (χ2v) is 4.54. The van der Waals surface area contributed by atoms with Gasteiger partial charge in [-0.1, -0.05) is 41.5 Å². The van der Waals surface area contributed by atoms with E-state index >= 15 is 0 Å². The van der Waals surface area contributed by atoms with E-state index < -0.39 is 0 Å². The summed E-state index contributed by atoms with van der Waals surface area (Å²) in [5.74, 6) is 0. The minimum Gasteiger partial charge on any atom is -0.267 e. The molecule has 0 saturated heterocycles. The fraction of sp³-hybridized carbons (Fsp3) is 0.0667. The van der Waals surface area contributed by atoms with Gasteiger partial charge in [-0.25, -0.2) is 5.10 Å². The Kier molecular flexibility index (Phi) is 3.37. The topological polar surface area (TPSA) is 94.5 Å². The van der Waals surface area contributed by atoms with E-state index in [-0.39, 0.29) is 12.1 Å². The van der Waals surface area contributed by atoms with Crippen LogP contribution in [0.2, 0.25) is 0 Å². The van der Waals surface area contributed by atoms with Gasteiger partial charge in [0.05, 0.1) is 17.6 Å².